The lowest BCUT2D eigenvalue weighted by Crippen LogP contribution is -2.39. The molecule has 1 saturated carbocycles. The lowest BCUT2D eigenvalue weighted by Gasteiger charge is -2.36. The Bertz CT molecular complexity index is 292. The summed E-state index contributed by atoms with van der Waals surface area (Å²) in [5, 5.41) is 12.3. The molecule has 3 rings (SSSR count). The number of nitrogens with zero attached hydrogens (tertiary/aromatic N) is 4. The quantitative estimate of drug-likeness (QED) is 0.670. The van der Waals surface area contributed by atoms with Gasteiger partial charge < -0.3 is 4.74 Å². The Morgan fingerprint density at radius 1 is 1.25 bits per heavy atom. The molecule has 2 aliphatic heterocycles. The lowest BCUT2D eigenvalue weighted by molar-refractivity contribution is 0.0851. The molecule has 0 bridgehead atoms. The molecule has 4 atom stereocenters. The fourth-order valence-electron chi connectivity index (χ4n) is 3.09. The maximum atomic E-state index is 5.43. The van der Waals surface area contributed by atoms with E-state index < -0.39 is 0 Å². The van der Waals surface area contributed by atoms with E-state index in [1.165, 1.54) is 19.3 Å². The van der Waals surface area contributed by atoms with Crippen LogP contribution >= 0.6 is 0 Å². The molecule has 2 heterocycles. The topological polar surface area (TPSA) is 43.7 Å². The predicted octanol–water partition coefficient (Wildman–Crippen LogP) is 1.68. The first-order valence-corrected chi connectivity index (χ1v) is 6.25. The van der Waals surface area contributed by atoms with Gasteiger partial charge in [-0.1, -0.05) is 17.4 Å². The largest absolute Gasteiger partial charge is 0.373 e. The summed E-state index contributed by atoms with van der Waals surface area (Å²) in [6.45, 7) is 4.20. The summed E-state index contributed by atoms with van der Waals surface area (Å²) in [5.74, 6) is 1.54. The maximum Gasteiger partial charge on any atom is 0.126 e. The molecule has 1 aliphatic carbocycles. The van der Waals surface area contributed by atoms with E-state index >= 15 is 0 Å². The van der Waals surface area contributed by atoms with Crippen LogP contribution in [0.4, 0.5) is 0 Å². The number of hydrogen-bond acceptors (Lipinski definition) is 5. The van der Waals surface area contributed by atoms with Crippen molar-refractivity contribution in [2.75, 3.05) is 20.3 Å². The molecule has 90 valence electrons. The fraction of sp³-hybridized carbons (Fsp3) is 1.00. The molecule has 0 aromatic heterocycles. The van der Waals surface area contributed by atoms with Crippen LogP contribution in [-0.4, -0.2) is 42.5 Å². The monoisotopic (exact) mass is 224 g/mol. The van der Waals surface area contributed by atoms with Crippen molar-refractivity contribution in [2.24, 2.45) is 22.3 Å². The normalized spacial score (nSPS) is 42.9. The minimum atomic E-state index is 0.568. The highest BCUT2D eigenvalue weighted by atomic mass is 16.6. The van der Waals surface area contributed by atoms with Crippen molar-refractivity contribution in [2.45, 2.75) is 38.3 Å². The van der Waals surface area contributed by atoms with Gasteiger partial charge in [-0.3, -0.25) is 10.0 Å². The van der Waals surface area contributed by atoms with E-state index in [2.05, 4.69) is 22.4 Å². The maximum absolute atomic E-state index is 5.43. The average molecular weight is 224 g/mol. The molecule has 2 fully saturated rings. The van der Waals surface area contributed by atoms with Gasteiger partial charge in [0.25, 0.3) is 0 Å². The van der Waals surface area contributed by atoms with Crippen LogP contribution < -0.4 is 0 Å². The van der Waals surface area contributed by atoms with E-state index in [9.17, 15) is 0 Å². The Morgan fingerprint density at radius 2 is 2.06 bits per heavy atom. The second-order valence-corrected chi connectivity index (χ2v) is 5.40. The third-order valence-electron chi connectivity index (χ3n) is 4.12. The molecule has 5 nitrogen and oxygen atoms in total. The van der Waals surface area contributed by atoms with Crippen LogP contribution in [0.1, 0.15) is 26.2 Å². The van der Waals surface area contributed by atoms with Gasteiger partial charge in [0.15, 0.2) is 0 Å². The van der Waals surface area contributed by atoms with Crippen molar-refractivity contribution >= 4 is 0 Å². The van der Waals surface area contributed by atoms with Gasteiger partial charge in [-0.15, -0.1) is 0 Å². The molecule has 0 amide bonds. The molecular weight excluding hydrogens is 204 g/mol. The van der Waals surface area contributed by atoms with Crippen LogP contribution in [0.15, 0.2) is 10.4 Å². The summed E-state index contributed by atoms with van der Waals surface area (Å²) in [6.07, 6.45) is 4.32. The van der Waals surface area contributed by atoms with Crippen molar-refractivity contribution in [3.05, 3.63) is 0 Å². The van der Waals surface area contributed by atoms with E-state index in [1.54, 1.807) is 0 Å². The molecule has 0 N–H and O–H groups in total. The summed E-state index contributed by atoms with van der Waals surface area (Å²) in [4.78, 5) is 0. The van der Waals surface area contributed by atoms with Gasteiger partial charge in [0.2, 0.25) is 0 Å². The van der Waals surface area contributed by atoms with Crippen LogP contribution in [0.3, 0.4) is 0 Å². The zero-order valence-electron chi connectivity index (χ0n) is 10.0. The van der Waals surface area contributed by atoms with Crippen LogP contribution in [0.25, 0.3) is 0 Å². The molecule has 3 aliphatic rings. The SMILES string of the molecule is CC1CC(N2CN(C)N=N2)CCC1C1CO1. The number of rotatable bonds is 2. The van der Waals surface area contributed by atoms with Gasteiger partial charge in [-0.05, 0) is 31.1 Å². The van der Waals surface area contributed by atoms with Gasteiger partial charge in [-0.2, -0.15) is 0 Å². The van der Waals surface area contributed by atoms with Gasteiger partial charge in [0.1, 0.15) is 6.67 Å². The Hall–Kier alpha value is -0.840. The van der Waals surface area contributed by atoms with Crippen molar-refractivity contribution in [1.82, 2.24) is 10.0 Å². The standard InChI is InChI=1S/C11H20N4O/c1-8-5-9(15-7-14(2)12-13-15)3-4-10(8)11-6-16-11/h8-11H,3-7H2,1-2H3. The van der Waals surface area contributed by atoms with Gasteiger partial charge in [0.05, 0.1) is 18.8 Å². The summed E-state index contributed by atoms with van der Waals surface area (Å²) >= 11 is 0. The van der Waals surface area contributed by atoms with Crippen LogP contribution in [0.5, 0.6) is 0 Å². The van der Waals surface area contributed by atoms with Crippen molar-refractivity contribution in [3.8, 4) is 0 Å². The Labute approximate surface area is 96.4 Å². The summed E-state index contributed by atoms with van der Waals surface area (Å²) in [6, 6.07) is 0.582. The van der Waals surface area contributed by atoms with Crippen molar-refractivity contribution in [1.29, 1.82) is 0 Å². The zero-order valence-corrected chi connectivity index (χ0v) is 10.0. The third-order valence-corrected chi connectivity index (χ3v) is 4.12. The molecule has 5 heteroatoms. The molecular formula is C11H20N4O. The first-order chi connectivity index (χ1) is 7.74. The fourth-order valence-corrected chi connectivity index (χ4v) is 3.09. The summed E-state index contributed by atoms with van der Waals surface area (Å²) in [5.41, 5.74) is 0. The minimum absolute atomic E-state index is 0.568. The van der Waals surface area contributed by atoms with Crippen molar-refractivity contribution in [3.63, 3.8) is 0 Å². The molecule has 1 saturated heterocycles. The van der Waals surface area contributed by atoms with Gasteiger partial charge in [-0.25, -0.2) is 0 Å². The van der Waals surface area contributed by atoms with Crippen molar-refractivity contribution < 1.29 is 4.74 Å². The Balaban J connectivity index is 1.57. The van der Waals surface area contributed by atoms with E-state index in [1.807, 2.05) is 12.1 Å². The average Bonchev–Trinajstić information content (AvgIpc) is 3.01. The number of epoxide rings is 1. The summed E-state index contributed by atoms with van der Waals surface area (Å²) in [7, 11) is 1.97. The van der Waals surface area contributed by atoms with Crippen LogP contribution in [0, 0.1) is 11.8 Å². The van der Waals surface area contributed by atoms with E-state index in [0.29, 0.717) is 12.1 Å². The van der Waals surface area contributed by atoms with E-state index in [-0.39, 0.29) is 0 Å². The first-order valence-electron chi connectivity index (χ1n) is 6.25. The zero-order chi connectivity index (χ0) is 11.1. The predicted molar refractivity (Wildman–Crippen MR) is 59.4 cm³/mol. The molecule has 16 heavy (non-hydrogen) atoms. The van der Waals surface area contributed by atoms with E-state index in [4.69, 9.17) is 4.74 Å². The molecule has 0 radical (unpaired) electrons. The molecule has 0 aromatic carbocycles. The van der Waals surface area contributed by atoms with Crippen LogP contribution in [0.2, 0.25) is 0 Å². The lowest BCUT2D eigenvalue weighted by atomic mass is 9.76. The molecule has 0 aromatic rings. The first kappa shape index (κ1) is 10.3. The van der Waals surface area contributed by atoms with Crippen LogP contribution in [-0.2, 0) is 4.74 Å². The Kier molecular flexibility index (Phi) is 2.50. The number of hydrogen-bond donors (Lipinski definition) is 0. The molecule has 0 spiro atoms. The van der Waals surface area contributed by atoms with Gasteiger partial charge >= 0.3 is 0 Å². The highest BCUT2D eigenvalue weighted by molar-refractivity contribution is 4.90. The highest BCUT2D eigenvalue weighted by Gasteiger charge is 2.41. The Morgan fingerprint density at radius 3 is 2.62 bits per heavy atom. The third kappa shape index (κ3) is 1.88. The summed E-state index contributed by atoms with van der Waals surface area (Å²) < 4.78 is 5.43. The number of ether oxygens (including phenoxy) is 1. The van der Waals surface area contributed by atoms with E-state index in [0.717, 1.165) is 25.1 Å². The highest BCUT2D eigenvalue weighted by Crippen LogP contribution is 2.39. The second kappa shape index (κ2) is 3.87. The molecule has 4 unspecified atom stereocenters. The van der Waals surface area contributed by atoms with Gasteiger partial charge in [0, 0.05) is 7.05 Å². The smallest absolute Gasteiger partial charge is 0.126 e. The minimum Gasteiger partial charge on any atom is -0.373 e. The second-order valence-electron chi connectivity index (χ2n) is 5.40.